The van der Waals surface area contributed by atoms with E-state index in [1.807, 2.05) is 0 Å². The van der Waals surface area contributed by atoms with Gasteiger partial charge in [0.05, 0.1) is 5.69 Å². The minimum atomic E-state index is -0.877. The predicted molar refractivity (Wildman–Crippen MR) is 53.2 cm³/mol. The summed E-state index contributed by atoms with van der Waals surface area (Å²) in [4.78, 5) is 14.8. The fraction of sp³-hybridized carbons (Fsp3) is 0.200. The monoisotopic (exact) mass is 209 g/mol. The third-order valence-electron chi connectivity index (χ3n) is 2.26. The largest absolute Gasteiger partial charge is 0.478 e. The number of carboxylic acid groups (broad SMARTS) is 1. The van der Waals surface area contributed by atoms with Gasteiger partial charge in [-0.2, -0.15) is 0 Å². The standard InChI is InChI=1S/C10H8ClNO2/c11-8-3-4-12-9-5-6(10(13)14)1-2-7(8)9/h3-5H,1-2H2,(H,13,14). The smallest absolute Gasteiger partial charge is 0.331 e. The molecule has 72 valence electrons. The van der Waals surface area contributed by atoms with Crippen LogP contribution in [-0.4, -0.2) is 16.1 Å². The number of hydrogen-bond donors (Lipinski definition) is 1. The van der Waals surface area contributed by atoms with E-state index in [1.165, 1.54) is 0 Å². The SMILES string of the molecule is O=C(O)C1=Cc2nccc(Cl)c2CC1. The van der Waals surface area contributed by atoms with Gasteiger partial charge >= 0.3 is 5.97 Å². The molecule has 0 atom stereocenters. The summed E-state index contributed by atoms with van der Waals surface area (Å²) in [6.07, 6.45) is 4.35. The molecule has 0 amide bonds. The number of rotatable bonds is 1. The van der Waals surface area contributed by atoms with E-state index in [9.17, 15) is 4.79 Å². The summed E-state index contributed by atoms with van der Waals surface area (Å²) in [5.41, 5.74) is 2.02. The highest BCUT2D eigenvalue weighted by atomic mass is 35.5. The molecule has 0 saturated carbocycles. The number of hydrogen-bond acceptors (Lipinski definition) is 2. The molecule has 0 unspecified atom stereocenters. The Kier molecular flexibility index (Phi) is 2.25. The van der Waals surface area contributed by atoms with E-state index in [1.54, 1.807) is 18.3 Å². The lowest BCUT2D eigenvalue weighted by Gasteiger charge is -2.13. The van der Waals surface area contributed by atoms with Gasteiger partial charge in [0.15, 0.2) is 0 Å². The van der Waals surface area contributed by atoms with Crippen LogP contribution in [0.5, 0.6) is 0 Å². The second kappa shape index (κ2) is 3.42. The molecule has 0 saturated heterocycles. The van der Waals surface area contributed by atoms with Crippen molar-refractivity contribution >= 4 is 23.6 Å². The van der Waals surface area contributed by atoms with Crippen molar-refractivity contribution in [3.8, 4) is 0 Å². The van der Waals surface area contributed by atoms with E-state index in [0.29, 0.717) is 29.1 Å². The van der Waals surface area contributed by atoms with Crippen molar-refractivity contribution in [3.05, 3.63) is 34.1 Å². The van der Waals surface area contributed by atoms with Crippen LogP contribution in [0, 0.1) is 0 Å². The molecule has 1 aromatic rings. The lowest BCUT2D eigenvalue weighted by molar-refractivity contribution is -0.132. The number of carboxylic acids is 1. The van der Waals surface area contributed by atoms with Crippen LogP contribution in [0.25, 0.3) is 6.08 Å². The summed E-state index contributed by atoms with van der Waals surface area (Å²) >= 11 is 5.95. The van der Waals surface area contributed by atoms with E-state index >= 15 is 0 Å². The van der Waals surface area contributed by atoms with Gasteiger partial charge in [0.1, 0.15) is 0 Å². The molecule has 0 aromatic carbocycles. The third kappa shape index (κ3) is 1.51. The molecule has 1 aromatic heterocycles. The highest BCUT2D eigenvalue weighted by Gasteiger charge is 2.17. The number of pyridine rings is 1. The van der Waals surface area contributed by atoms with Crippen molar-refractivity contribution in [1.29, 1.82) is 0 Å². The molecule has 3 nitrogen and oxygen atoms in total. The van der Waals surface area contributed by atoms with Crippen LogP contribution in [0.15, 0.2) is 17.8 Å². The fourth-order valence-electron chi connectivity index (χ4n) is 1.52. The molecule has 1 heterocycles. The summed E-state index contributed by atoms with van der Waals surface area (Å²) in [6.45, 7) is 0. The molecule has 4 heteroatoms. The lowest BCUT2D eigenvalue weighted by atomic mass is 9.96. The molecule has 14 heavy (non-hydrogen) atoms. The van der Waals surface area contributed by atoms with Gasteiger partial charge in [0.25, 0.3) is 0 Å². The minimum absolute atomic E-state index is 0.396. The van der Waals surface area contributed by atoms with Gasteiger partial charge in [-0.25, -0.2) is 4.79 Å². The maximum Gasteiger partial charge on any atom is 0.331 e. The Balaban J connectivity index is 2.50. The first-order valence-corrected chi connectivity index (χ1v) is 4.63. The van der Waals surface area contributed by atoms with E-state index in [4.69, 9.17) is 16.7 Å². The number of aliphatic carboxylic acids is 1. The average molecular weight is 210 g/mol. The van der Waals surface area contributed by atoms with Crippen molar-refractivity contribution in [3.63, 3.8) is 0 Å². The van der Waals surface area contributed by atoms with Gasteiger partial charge in [-0.3, -0.25) is 4.98 Å². The van der Waals surface area contributed by atoms with Crippen molar-refractivity contribution in [1.82, 2.24) is 4.98 Å². The lowest BCUT2D eigenvalue weighted by Crippen LogP contribution is -2.08. The van der Waals surface area contributed by atoms with E-state index in [2.05, 4.69) is 4.98 Å². The van der Waals surface area contributed by atoms with Gasteiger partial charge in [-0.15, -0.1) is 0 Å². The molecule has 0 spiro atoms. The Morgan fingerprint density at radius 1 is 1.50 bits per heavy atom. The summed E-state index contributed by atoms with van der Waals surface area (Å²) < 4.78 is 0. The maximum atomic E-state index is 10.7. The van der Waals surface area contributed by atoms with Crippen LogP contribution in [0.1, 0.15) is 17.7 Å². The summed E-state index contributed by atoms with van der Waals surface area (Å²) in [5, 5.41) is 9.47. The van der Waals surface area contributed by atoms with Crippen LogP contribution in [0.2, 0.25) is 5.02 Å². The van der Waals surface area contributed by atoms with Crippen molar-refractivity contribution in [2.24, 2.45) is 0 Å². The van der Waals surface area contributed by atoms with Crippen LogP contribution in [-0.2, 0) is 11.2 Å². The first kappa shape index (κ1) is 9.21. The Labute approximate surface area is 86.0 Å². The Hall–Kier alpha value is -1.35. The Morgan fingerprint density at radius 2 is 2.29 bits per heavy atom. The highest BCUT2D eigenvalue weighted by Crippen LogP contribution is 2.27. The van der Waals surface area contributed by atoms with Gasteiger partial charge in [-0.05, 0) is 30.5 Å². The molecule has 0 fully saturated rings. The molecular formula is C10H8ClNO2. The minimum Gasteiger partial charge on any atom is -0.478 e. The van der Waals surface area contributed by atoms with Crippen LogP contribution in [0.4, 0.5) is 0 Å². The third-order valence-corrected chi connectivity index (χ3v) is 2.62. The second-order valence-corrected chi connectivity index (χ2v) is 3.54. The van der Waals surface area contributed by atoms with Crippen molar-refractivity contribution < 1.29 is 9.90 Å². The zero-order valence-corrected chi connectivity index (χ0v) is 8.08. The fourth-order valence-corrected chi connectivity index (χ4v) is 1.77. The highest BCUT2D eigenvalue weighted by molar-refractivity contribution is 6.31. The molecule has 0 aliphatic heterocycles. The van der Waals surface area contributed by atoms with Crippen molar-refractivity contribution in [2.45, 2.75) is 12.8 Å². The molecule has 1 aliphatic rings. The van der Waals surface area contributed by atoms with E-state index in [0.717, 1.165) is 5.56 Å². The number of carbonyl (C=O) groups is 1. The zero-order chi connectivity index (χ0) is 10.1. The molecule has 0 radical (unpaired) electrons. The molecule has 1 aliphatic carbocycles. The van der Waals surface area contributed by atoms with Crippen LogP contribution in [0.3, 0.4) is 0 Å². The number of aromatic nitrogens is 1. The molecule has 2 rings (SSSR count). The normalized spacial score (nSPS) is 14.5. The number of fused-ring (bicyclic) bond motifs is 1. The topological polar surface area (TPSA) is 50.2 Å². The first-order chi connectivity index (χ1) is 6.68. The quantitative estimate of drug-likeness (QED) is 0.771. The molecular weight excluding hydrogens is 202 g/mol. The molecule has 1 N–H and O–H groups in total. The van der Waals surface area contributed by atoms with Gasteiger partial charge in [-0.1, -0.05) is 11.6 Å². The maximum absolute atomic E-state index is 10.7. The number of halogens is 1. The molecule has 0 bridgehead atoms. The zero-order valence-electron chi connectivity index (χ0n) is 7.33. The summed E-state index contributed by atoms with van der Waals surface area (Å²) in [6, 6.07) is 1.72. The number of nitrogens with zero attached hydrogens (tertiary/aromatic N) is 1. The Morgan fingerprint density at radius 3 is 3.00 bits per heavy atom. The van der Waals surface area contributed by atoms with Crippen LogP contribution >= 0.6 is 11.6 Å². The van der Waals surface area contributed by atoms with E-state index in [-0.39, 0.29) is 0 Å². The second-order valence-electron chi connectivity index (χ2n) is 3.13. The summed E-state index contributed by atoms with van der Waals surface area (Å²) in [7, 11) is 0. The first-order valence-electron chi connectivity index (χ1n) is 4.25. The van der Waals surface area contributed by atoms with Gasteiger partial charge < -0.3 is 5.11 Å². The van der Waals surface area contributed by atoms with Gasteiger partial charge in [0.2, 0.25) is 0 Å². The van der Waals surface area contributed by atoms with Crippen molar-refractivity contribution in [2.75, 3.05) is 0 Å². The predicted octanol–water partition coefficient (Wildman–Crippen LogP) is 2.15. The van der Waals surface area contributed by atoms with E-state index < -0.39 is 5.97 Å². The van der Waals surface area contributed by atoms with Crippen LogP contribution < -0.4 is 0 Å². The average Bonchev–Trinajstić information content (AvgIpc) is 2.17. The van der Waals surface area contributed by atoms with Gasteiger partial charge in [0, 0.05) is 16.8 Å². The summed E-state index contributed by atoms with van der Waals surface area (Å²) in [5.74, 6) is -0.877. The Bertz CT molecular complexity index is 426.